The van der Waals surface area contributed by atoms with E-state index in [-0.39, 0.29) is 0 Å². The molecule has 0 amide bonds. The van der Waals surface area contributed by atoms with Crippen molar-refractivity contribution in [3.63, 3.8) is 0 Å². The van der Waals surface area contributed by atoms with Crippen LogP contribution >= 0.6 is 34.8 Å². The number of aliphatic hydroxyl groups excluding tert-OH is 3. The van der Waals surface area contributed by atoms with Gasteiger partial charge in [0.25, 0.3) is 0 Å². The molecule has 1 aliphatic heterocycles. The first-order chi connectivity index (χ1) is 10.0. The molecule has 1 saturated heterocycles. The van der Waals surface area contributed by atoms with Crippen molar-refractivity contribution in [3.05, 3.63) is 0 Å². The number of methoxy groups -OCH3 is 1. The van der Waals surface area contributed by atoms with Crippen LogP contribution in [0, 0.1) is 0 Å². The molecule has 0 spiro atoms. The third kappa shape index (κ3) is 5.87. The lowest BCUT2D eigenvalue weighted by atomic mass is 9.99. The van der Waals surface area contributed by atoms with Gasteiger partial charge in [-0.1, -0.05) is 34.8 Å². The average Bonchev–Trinajstić information content (AvgIpc) is 2.42. The van der Waals surface area contributed by atoms with Crippen LogP contribution in [0.1, 0.15) is 0 Å². The van der Waals surface area contributed by atoms with Gasteiger partial charge in [-0.2, -0.15) is 8.42 Å². The van der Waals surface area contributed by atoms with Crippen molar-refractivity contribution in [3.8, 4) is 0 Å². The Morgan fingerprint density at radius 3 is 2.27 bits per heavy atom. The molecular formula is C9H15Cl3O9S. The lowest BCUT2D eigenvalue weighted by Gasteiger charge is -2.40. The van der Waals surface area contributed by atoms with Crippen LogP contribution in [0.2, 0.25) is 0 Å². The third-order valence-corrected chi connectivity index (χ3v) is 3.84. The Kier molecular flexibility index (Phi) is 7.56. The fourth-order valence-electron chi connectivity index (χ4n) is 1.65. The molecule has 13 heteroatoms. The number of hydrogen-bond donors (Lipinski definition) is 3. The second kappa shape index (κ2) is 8.08. The topological polar surface area (TPSA) is 132 Å². The van der Waals surface area contributed by atoms with E-state index in [9.17, 15) is 18.6 Å². The number of rotatable bonds is 6. The predicted octanol–water partition coefficient (Wildman–Crippen LogP) is -0.911. The molecule has 0 aromatic rings. The molecule has 1 rings (SSSR count). The van der Waals surface area contributed by atoms with Crippen LogP contribution in [0.3, 0.4) is 0 Å². The number of hydrogen-bond acceptors (Lipinski definition) is 9. The van der Waals surface area contributed by atoms with Crippen molar-refractivity contribution in [2.24, 2.45) is 0 Å². The molecule has 5 atom stereocenters. The monoisotopic (exact) mass is 404 g/mol. The molecule has 1 heterocycles. The first-order valence-corrected chi connectivity index (χ1v) is 8.27. The molecule has 0 aromatic carbocycles. The molecule has 9 nitrogen and oxygen atoms in total. The molecular weight excluding hydrogens is 391 g/mol. The highest BCUT2D eigenvalue weighted by Gasteiger charge is 2.47. The van der Waals surface area contributed by atoms with Crippen molar-refractivity contribution in [1.82, 2.24) is 0 Å². The van der Waals surface area contributed by atoms with E-state index >= 15 is 0 Å². The Hall–Kier alpha value is 0.540. The standard InChI is InChI=1S/C9H15Cl3O9S/c1-18-8-7(6(15)5(14)4(2-13)20-8)21-22(16,17)19-3-9(10,11)12/h4-8,13-15H,2-3H2,1H3/t4-,5-,6+,7-,8+/m1/s1. The largest absolute Gasteiger partial charge is 0.400 e. The maximum Gasteiger partial charge on any atom is 0.400 e. The van der Waals surface area contributed by atoms with E-state index in [2.05, 4.69) is 8.37 Å². The maximum atomic E-state index is 11.6. The fraction of sp³-hybridized carbons (Fsp3) is 1.00. The van der Waals surface area contributed by atoms with Gasteiger partial charge in [-0.15, -0.1) is 0 Å². The second-order valence-corrected chi connectivity index (χ2v) is 8.05. The zero-order valence-corrected chi connectivity index (χ0v) is 14.2. The molecule has 3 N–H and O–H groups in total. The van der Waals surface area contributed by atoms with E-state index in [1.807, 2.05) is 0 Å². The van der Waals surface area contributed by atoms with Gasteiger partial charge < -0.3 is 24.8 Å². The number of halogens is 3. The predicted molar refractivity (Wildman–Crippen MR) is 74.8 cm³/mol. The van der Waals surface area contributed by atoms with Gasteiger partial charge in [0.05, 0.1) is 6.61 Å². The highest BCUT2D eigenvalue weighted by atomic mass is 35.6. The van der Waals surface area contributed by atoms with Gasteiger partial charge in [0.15, 0.2) is 12.4 Å². The minimum Gasteiger partial charge on any atom is -0.394 e. The highest BCUT2D eigenvalue weighted by molar-refractivity contribution is 7.81. The number of alkyl halides is 3. The van der Waals surface area contributed by atoms with E-state index in [1.54, 1.807) is 0 Å². The van der Waals surface area contributed by atoms with Crippen LogP contribution in [-0.2, 0) is 28.2 Å². The zero-order valence-electron chi connectivity index (χ0n) is 11.1. The van der Waals surface area contributed by atoms with Crippen LogP contribution in [-0.4, -0.2) is 78.6 Å². The van der Waals surface area contributed by atoms with Crippen LogP contribution in [0.5, 0.6) is 0 Å². The van der Waals surface area contributed by atoms with Crippen LogP contribution in [0.15, 0.2) is 0 Å². The van der Waals surface area contributed by atoms with Crippen molar-refractivity contribution in [1.29, 1.82) is 0 Å². The molecule has 0 bridgehead atoms. The zero-order chi connectivity index (χ0) is 17.1. The Morgan fingerprint density at radius 1 is 1.23 bits per heavy atom. The van der Waals surface area contributed by atoms with Gasteiger partial charge >= 0.3 is 10.4 Å². The van der Waals surface area contributed by atoms with E-state index < -0.39 is 58.1 Å². The van der Waals surface area contributed by atoms with Gasteiger partial charge in [0.1, 0.15) is 24.9 Å². The third-order valence-electron chi connectivity index (χ3n) is 2.65. The van der Waals surface area contributed by atoms with E-state index in [1.165, 1.54) is 0 Å². The smallest absolute Gasteiger partial charge is 0.394 e. The van der Waals surface area contributed by atoms with Crippen molar-refractivity contribution in [2.45, 2.75) is 34.5 Å². The van der Waals surface area contributed by atoms with E-state index in [4.69, 9.17) is 49.4 Å². The lowest BCUT2D eigenvalue weighted by Crippen LogP contribution is -2.60. The van der Waals surface area contributed by atoms with Gasteiger partial charge in [-0.3, -0.25) is 0 Å². The number of aliphatic hydroxyl groups is 3. The molecule has 22 heavy (non-hydrogen) atoms. The molecule has 0 aliphatic carbocycles. The van der Waals surface area contributed by atoms with Crippen LogP contribution < -0.4 is 0 Å². The summed E-state index contributed by atoms with van der Waals surface area (Å²) in [6.45, 7) is -1.45. The average molecular weight is 406 g/mol. The van der Waals surface area contributed by atoms with Crippen LogP contribution in [0.25, 0.3) is 0 Å². The maximum absolute atomic E-state index is 11.6. The molecule has 0 unspecified atom stereocenters. The molecule has 0 aromatic heterocycles. The summed E-state index contributed by atoms with van der Waals surface area (Å²) in [6, 6.07) is 0. The summed E-state index contributed by atoms with van der Waals surface area (Å²) >= 11 is 16.0. The van der Waals surface area contributed by atoms with Crippen molar-refractivity contribution in [2.75, 3.05) is 20.3 Å². The Labute approximate surface area is 141 Å². The van der Waals surface area contributed by atoms with Crippen molar-refractivity contribution < 1.29 is 41.6 Å². The van der Waals surface area contributed by atoms with E-state index in [0.717, 1.165) is 7.11 Å². The SMILES string of the molecule is CO[C@H]1O[C@H](CO)[C@@H](O)[C@H](O)[C@H]1OS(=O)(=O)OCC(Cl)(Cl)Cl. The molecule has 0 radical (unpaired) electrons. The van der Waals surface area contributed by atoms with Gasteiger partial charge in [-0.25, -0.2) is 8.37 Å². The van der Waals surface area contributed by atoms with Crippen molar-refractivity contribution >= 4 is 45.2 Å². The summed E-state index contributed by atoms with van der Waals surface area (Å²) in [5, 5.41) is 28.6. The quantitative estimate of drug-likeness (QED) is 0.480. The highest BCUT2D eigenvalue weighted by Crippen LogP contribution is 2.29. The van der Waals surface area contributed by atoms with Crippen LogP contribution in [0.4, 0.5) is 0 Å². The normalized spacial score (nSPS) is 33.9. The summed E-state index contributed by atoms with van der Waals surface area (Å²) in [5.74, 6) is 0. The Bertz CT molecular complexity index is 452. The molecule has 132 valence electrons. The molecule has 1 fully saturated rings. The molecule has 0 saturated carbocycles. The summed E-state index contributed by atoms with van der Waals surface area (Å²) < 4.78 is 40.1. The summed E-state index contributed by atoms with van der Waals surface area (Å²) in [4.78, 5) is 0. The van der Waals surface area contributed by atoms with Gasteiger partial charge in [0, 0.05) is 7.11 Å². The first-order valence-electron chi connectivity index (χ1n) is 5.80. The Balaban J connectivity index is 2.80. The Morgan fingerprint density at radius 2 is 1.82 bits per heavy atom. The van der Waals surface area contributed by atoms with Gasteiger partial charge in [0.2, 0.25) is 3.79 Å². The second-order valence-electron chi connectivity index (χ2n) is 4.29. The number of ether oxygens (including phenoxy) is 2. The van der Waals surface area contributed by atoms with E-state index in [0.29, 0.717) is 0 Å². The fourth-order valence-corrected chi connectivity index (χ4v) is 2.86. The summed E-state index contributed by atoms with van der Waals surface area (Å²) in [6.07, 6.45) is -7.55. The first kappa shape index (κ1) is 20.6. The summed E-state index contributed by atoms with van der Waals surface area (Å²) in [7, 11) is -3.54. The minimum absolute atomic E-state index is 0.624. The lowest BCUT2D eigenvalue weighted by molar-refractivity contribution is -0.288. The molecule has 1 aliphatic rings. The summed E-state index contributed by atoms with van der Waals surface area (Å²) in [5.41, 5.74) is 0. The van der Waals surface area contributed by atoms with Gasteiger partial charge in [-0.05, 0) is 0 Å². The minimum atomic E-state index is -4.68.